The molecule has 4 heteroatoms. The quantitative estimate of drug-likeness (QED) is 0.784. The van der Waals surface area contributed by atoms with Gasteiger partial charge in [-0.1, -0.05) is 18.2 Å². The van der Waals surface area contributed by atoms with Crippen LogP contribution < -0.4 is 5.32 Å². The molecule has 0 spiro atoms. The summed E-state index contributed by atoms with van der Waals surface area (Å²) in [5, 5.41) is 3.23. The molecule has 1 saturated heterocycles. The van der Waals surface area contributed by atoms with Crippen molar-refractivity contribution < 1.29 is 9.53 Å². The third kappa shape index (κ3) is 4.23. The second-order valence-corrected chi connectivity index (χ2v) is 6.37. The number of nitrogens with zero attached hydrogens (tertiary/aromatic N) is 1. The fourth-order valence-corrected chi connectivity index (χ4v) is 2.74. The molecular weight excluding hydrogens is 288 g/mol. The Balaban J connectivity index is 2.19. The van der Waals surface area contributed by atoms with Crippen molar-refractivity contribution in [3.63, 3.8) is 0 Å². The van der Waals surface area contributed by atoms with Gasteiger partial charge in [-0.05, 0) is 37.7 Å². The van der Waals surface area contributed by atoms with Crippen molar-refractivity contribution in [1.82, 2.24) is 4.90 Å². The normalized spacial score (nSPS) is 17.0. The number of hydrogen-bond donors (Lipinski definition) is 1. The molecule has 1 heterocycles. The molecule has 0 amide bonds. The van der Waals surface area contributed by atoms with Crippen molar-refractivity contribution in [2.24, 2.45) is 0 Å². The molecule has 0 aromatic heterocycles. The topological polar surface area (TPSA) is 41.6 Å². The number of rotatable bonds is 7. The first-order chi connectivity index (χ1) is 11.0. The molecule has 1 aliphatic heterocycles. The van der Waals surface area contributed by atoms with Crippen molar-refractivity contribution in [2.75, 3.05) is 32.6 Å². The van der Waals surface area contributed by atoms with Gasteiger partial charge in [0.05, 0.1) is 13.2 Å². The Kier molecular flexibility index (Phi) is 5.61. The molecule has 0 aliphatic carbocycles. The van der Waals surface area contributed by atoms with Crippen molar-refractivity contribution in [3.8, 4) is 0 Å². The number of allylic oxidation sites excluding steroid dienone is 2. The molecule has 0 unspecified atom stereocenters. The first kappa shape index (κ1) is 17.3. The van der Waals surface area contributed by atoms with E-state index in [-0.39, 0.29) is 11.2 Å². The standard InChI is InChI=1S/C19H26N2O2/c1-5-9-20-17-8-6-7-16(10-17)19(13-23-14-19)11-18(22)15(2)12-21(3)4/h5-10,12,20H,11,13-14H2,1-4H3/b9-5-,15-12+. The largest absolute Gasteiger partial charge is 0.383 e. The van der Waals surface area contributed by atoms with Gasteiger partial charge in [0.1, 0.15) is 0 Å². The van der Waals surface area contributed by atoms with Gasteiger partial charge in [-0.15, -0.1) is 0 Å². The molecule has 4 nitrogen and oxygen atoms in total. The van der Waals surface area contributed by atoms with Gasteiger partial charge in [0.15, 0.2) is 5.78 Å². The van der Waals surface area contributed by atoms with Gasteiger partial charge in [-0.3, -0.25) is 4.79 Å². The highest BCUT2D eigenvalue weighted by molar-refractivity contribution is 5.95. The summed E-state index contributed by atoms with van der Waals surface area (Å²) in [4.78, 5) is 14.4. The average Bonchev–Trinajstić information content (AvgIpc) is 2.48. The highest BCUT2D eigenvalue weighted by Crippen LogP contribution is 2.37. The molecule has 1 fully saturated rings. The van der Waals surface area contributed by atoms with Crippen LogP contribution in [-0.2, 0) is 14.9 Å². The molecule has 0 radical (unpaired) electrons. The zero-order chi connectivity index (χ0) is 16.9. The van der Waals surface area contributed by atoms with Crippen LogP contribution >= 0.6 is 0 Å². The van der Waals surface area contributed by atoms with E-state index in [1.165, 1.54) is 0 Å². The Hall–Kier alpha value is -2.07. The minimum atomic E-state index is -0.202. The van der Waals surface area contributed by atoms with Gasteiger partial charge >= 0.3 is 0 Å². The van der Waals surface area contributed by atoms with Crippen molar-refractivity contribution >= 4 is 11.5 Å². The summed E-state index contributed by atoms with van der Waals surface area (Å²) in [5.41, 5.74) is 2.76. The van der Waals surface area contributed by atoms with E-state index in [4.69, 9.17) is 4.74 Å². The summed E-state index contributed by atoms with van der Waals surface area (Å²) in [6, 6.07) is 8.24. The Bertz CT molecular complexity index is 614. The lowest BCUT2D eigenvalue weighted by molar-refractivity contribution is -0.124. The molecule has 2 rings (SSSR count). The zero-order valence-corrected chi connectivity index (χ0v) is 14.4. The van der Waals surface area contributed by atoms with Crippen LogP contribution in [0.4, 0.5) is 5.69 Å². The number of Topliss-reactive ketones (excluding diaryl/α,β-unsaturated/α-hetero) is 1. The average molecular weight is 314 g/mol. The number of anilines is 1. The summed E-state index contributed by atoms with van der Waals surface area (Å²) >= 11 is 0. The first-order valence-electron chi connectivity index (χ1n) is 7.91. The molecule has 0 bridgehead atoms. The van der Waals surface area contributed by atoms with Crippen LogP contribution in [0.5, 0.6) is 0 Å². The van der Waals surface area contributed by atoms with Crippen LogP contribution in [0.1, 0.15) is 25.8 Å². The molecule has 1 aliphatic rings. The SMILES string of the molecule is C/C=C\Nc1cccc(C2(CC(=O)/C(C)=C/N(C)C)COC2)c1. The summed E-state index contributed by atoms with van der Waals surface area (Å²) in [5.74, 6) is 0.175. The lowest BCUT2D eigenvalue weighted by Gasteiger charge is -2.42. The van der Waals surface area contributed by atoms with Gasteiger partial charge in [-0.25, -0.2) is 0 Å². The summed E-state index contributed by atoms with van der Waals surface area (Å²) in [6.07, 6.45) is 6.21. The van der Waals surface area contributed by atoms with Crippen molar-refractivity contribution in [1.29, 1.82) is 0 Å². The zero-order valence-electron chi connectivity index (χ0n) is 14.4. The predicted molar refractivity (Wildman–Crippen MR) is 94.4 cm³/mol. The second kappa shape index (κ2) is 7.47. The highest BCUT2D eigenvalue weighted by atomic mass is 16.5. The molecule has 0 saturated carbocycles. The van der Waals surface area contributed by atoms with E-state index in [9.17, 15) is 4.79 Å². The van der Waals surface area contributed by atoms with Crippen LogP contribution in [0, 0.1) is 0 Å². The van der Waals surface area contributed by atoms with E-state index in [2.05, 4.69) is 17.4 Å². The van der Waals surface area contributed by atoms with Crippen molar-refractivity contribution in [3.05, 3.63) is 53.9 Å². The molecule has 1 N–H and O–H groups in total. The predicted octanol–water partition coefficient (Wildman–Crippen LogP) is 3.32. The van der Waals surface area contributed by atoms with Crippen LogP contribution in [0.25, 0.3) is 0 Å². The number of nitrogens with one attached hydrogen (secondary N) is 1. The maximum Gasteiger partial charge on any atom is 0.161 e. The number of hydrogen-bond acceptors (Lipinski definition) is 4. The van der Waals surface area contributed by atoms with Gasteiger partial charge < -0.3 is 15.0 Å². The van der Waals surface area contributed by atoms with Gasteiger partial charge in [-0.2, -0.15) is 0 Å². The van der Waals surface area contributed by atoms with E-state index >= 15 is 0 Å². The third-order valence-electron chi connectivity index (χ3n) is 4.04. The summed E-state index contributed by atoms with van der Waals surface area (Å²) < 4.78 is 5.46. The van der Waals surface area contributed by atoms with Gasteiger partial charge in [0, 0.05) is 43.4 Å². The lowest BCUT2D eigenvalue weighted by Crippen LogP contribution is -2.48. The molecule has 23 heavy (non-hydrogen) atoms. The fourth-order valence-electron chi connectivity index (χ4n) is 2.74. The van der Waals surface area contributed by atoms with E-state index < -0.39 is 0 Å². The monoisotopic (exact) mass is 314 g/mol. The van der Waals surface area contributed by atoms with E-state index in [1.807, 2.05) is 63.5 Å². The maximum atomic E-state index is 12.5. The third-order valence-corrected chi connectivity index (χ3v) is 4.04. The van der Waals surface area contributed by atoms with E-state index in [1.54, 1.807) is 0 Å². The number of benzene rings is 1. The number of carbonyl (C=O) groups is 1. The van der Waals surface area contributed by atoms with Gasteiger partial charge in [0.2, 0.25) is 0 Å². The molecule has 1 aromatic carbocycles. The van der Waals surface area contributed by atoms with Crippen LogP contribution in [0.3, 0.4) is 0 Å². The van der Waals surface area contributed by atoms with Crippen LogP contribution in [-0.4, -0.2) is 38.0 Å². The second-order valence-electron chi connectivity index (χ2n) is 6.37. The van der Waals surface area contributed by atoms with E-state index in [0.29, 0.717) is 19.6 Å². The summed E-state index contributed by atoms with van der Waals surface area (Å²) in [7, 11) is 3.85. The van der Waals surface area contributed by atoms with Gasteiger partial charge in [0.25, 0.3) is 0 Å². The number of carbonyl (C=O) groups excluding carboxylic acids is 1. The van der Waals surface area contributed by atoms with E-state index in [0.717, 1.165) is 16.8 Å². The minimum absolute atomic E-state index is 0.175. The first-order valence-corrected chi connectivity index (χ1v) is 7.91. The maximum absolute atomic E-state index is 12.5. The Labute approximate surface area is 138 Å². The van der Waals surface area contributed by atoms with Crippen molar-refractivity contribution in [2.45, 2.75) is 25.7 Å². The minimum Gasteiger partial charge on any atom is -0.383 e. The number of ketones is 1. The smallest absolute Gasteiger partial charge is 0.161 e. The number of ether oxygens (including phenoxy) is 1. The Morgan fingerprint density at radius 3 is 2.70 bits per heavy atom. The molecule has 1 aromatic rings. The fraction of sp³-hybridized carbons (Fsp3) is 0.421. The summed E-state index contributed by atoms with van der Waals surface area (Å²) in [6.45, 7) is 5.04. The van der Waals surface area contributed by atoms with Crippen LogP contribution in [0.2, 0.25) is 0 Å². The highest BCUT2D eigenvalue weighted by Gasteiger charge is 2.42. The Morgan fingerprint density at radius 2 is 2.13 bits per heavy atom. The lowest BCUT2D eigenvalue weighted by atomic mass is 9.74. The Morgan fingerprint density at radius 1 is 1.39 bits per heavy atom. The molecular formula is C19H26N2O2. The molecule has 0 atom stereocenters. The molecule has 124 valence electrons. The van der Waals surface area contributed by atoms with Crippen LogP contribution in [0.15, 0.2) is 48.3 Å².